The van der Waals surface area contributed by atoms with Crippen LogP contribution < -0.4 is 10.6 Å². The quantitative estimate of drug-likeness (QED) is 0.284. The third-order valence-corrected chi connectivity index (χ3v) is 6.59. The molecule has 0 aromatic rings. The van der Waals surface area contributed by atoms with Crippen molar-refractivity contribution in [3.63, 3.8) is 0 Å². The zero-order valence-electron chi connectivity index (χ0n) is 18.9. The Balaban J connectivity index is 0.00000320. The van der Waals surface area contributed by atoms with Gasteiger partial charge in [0, 0.05) is 58.3 Å². The van der Waals surface area contributed by atoms with Crippen molar-refractivity contribution in [1.29, 1.82) is 0 Å². The number of rotatable bonds is 8. The monoisotopic (exact) mass is 534 g/mol. The van der Waals surface area contributed by atoms with E-state index >= 15 is 0 Å². The lowest BCUT2D eigenvalue weighted by molar-refractivity contribution is -0.137. The molecule has 1 saturated carbocycles. The second-order valence-corrected chi connectivity index (χ2v) is 8.74. The highest BCUT2D eigenvalue weighted by atomic mass is 127. The third-order valence-electron chi connectivity index (χ3n) is 6.59. The predicted molar refractivity (Wildman–Crippen MR) is 135 cm³/mol. The van der Waals surface area contributed by atoms with E-state index in [0.717, 1.165) is 77.7 Å². The summed E-state index contributed by atoms with van der Waals surface area (Å²) in [6, 6.07) is 0. The fraction of sp³-hybridized carbons (Fsp3) is 0.909. The Kier molecular flexibility index (Phi) is 12.4. The number of piperazine rings is 1. The van der Waals surface area contributed by atoms with Crippen molar-refractivity contribution in [2.75, 3.05) is 72.0 Å². The van der Waals surface area contributed by atoms with Gasteiger partial charge in [-0.05, 0) is 45.7 Å². The van der Waals surface area contributed by atoms with Crippen molar-refractivity contribution in [2.45, 2.75) is 51.9 Å². The minimum Gasteiger partial charge on any atom is -0.357 e. The number of hydrogen-bond donors (Lipinski definition) is 2. The van der Waals surface area contributed by atoms with E-state index in [1.807, 2.05) is 0 Å². The summed E-state index contributed by atoms with van der Waals surface area (Å²) in [7, 11) is 0. The van der Waals surface area contributed by atoms with Crippen molar-refractivity contribution in [1.82, 2.24) is 25.3 Å². The molecule has 0 aromatic heterocycles. The number of nitrogens with zero attached hydrogens (tertiary/aromatic N) is 4. The Morgan fingerprint density at radius 1 is 0.867 bits per heavy atom. The molecule has 3 aliphatic rings. The lowest BCUT2D eigenvalue weighted by Gasteiger charge is -2.35. The number of guanidine groups is 1. The Morgan fingerprint density at radius 2 is 1.53 bits per heavy atom. The van der Waals surface area contributed by atoms with Gasteiger partial charge in [0.25, 0.3) is 0 Å². The highest BCUT2D eigenvalue weighted by Crippen LogP contribution is 2.26. The second-order valence-electron chi connectivity index (χ2n) is 8.74. The van der Waals surface area contributed by atoms with Crippen LogP contribution in [-0.2, 0) is 4.79 Å². The number of piperidine rings is 1. The average Bonchev–Trinajstić information content (AvgIpc) is 3.29. The van der Waals surface area contributed by atoms with Gasteiger partial charge in [0.15, 0.2) is 5.96 Å². The molecule has 174 valence electrons. The molecular weight excluding hydrogens is 491 g/mol. The Bertz CT molecular complexity index is 512. The Hall–Kier alpha value is -0.610. The van der Waals surface area contributed by atoms with Crippen molar-refractivity contribution in [3.05, 3.63) is 0 Å². The number of likely N-dealkylation sites (tertiary alicyclic amines) is 1. The van der Waals surface area contributed by atoms with Gasteiger partial charge in [-0.3, -0.25) is 14.7 Å². The summed E-state index contributed by atoms with van der Waals surface area (Å²) >= 11 is 0. The Labute approximate surface area is 200 Å². The van der Waals surface area contributed by atoms with E-state index in [1.54, 1.807) is 0 Å². The number of halogens is 1. The van der Waals surface area contributed by atoms with Gasteiger partial charge < -0.3 is 20.4 Å². The van der Waals surface area contributed by atoms with E-state index < -0.39 is 0 Å². The number of hydrogen-bond acceptors (Lipinski definition) is 4. The maximum absolute atomic E-state index is 12.6. The first-order valence-electron chi connectivity index (χ1n) is 12.0. The van der Waals surface area contributed by atoms with Crippen LogP contribution in [0.15, 0.2) is 4.99 Å². The largest absolute Gasteiger partial charge is 0.357 e. The standard InChI is InChI=1S/C22H42N6O.HI/c1-2-23-22(24-10-14-26-12-6-3-7-13-26)25-11-15-27-16-18-28(19-17-27)21(29)20-8-4-5-9-20;/h20H,2-19H2,1H3,(H2,23,24,25);1H. The summed E-state index contributed by atoms with van der Waals surface area (Å²) in [5, 5.41) is 6.85. The molecule has 0 unspecified atom stereocenters. The van der Waals surface area contributed by atoms with Gasteiger partial charge in [-0.2, -0.15) is 0 Å². The van der Waals surface area contributed by atoms with Crippen molar-refractivity contribution >= 4 is 35.8 Å². The third kappa shape index (κ3) is 8.49. The first-order valence-corrected chi connectivity index (χ1v) is 12.0. The maximum Gasteiger partial charge on any atom is 0.225 e. The first-order chi connectivity index (χ1) is 14.3. The van der Waals surface area contributed by atoms with Crippen molar-refractivity contribution in [3.8, 4) is 0 Å². The summed E-state index contributed by atoms with van der Waals surface area (Å²) in [6.45, 7) is 13.0. The molecule has 0 bridgehead atoms. The van der Waals surface area contributed by atoms with Crippen molar-refractivity contribution < 1.29 is 4.79 Å². The van der Waals surface area contributed by atoms with Crippen molar-refractivity contribution in [2.24, 2.45) is 10.9 Å². The van der Waals surface area contributed by atoms with Crippen LogP contribution >= 0.6 is 24.0 Å². The molecule has 8 heteroatoms. The topological polar surface area (TPSA) is 63.2 Å². The molecular formula is C22H43IN6O. The molecule has 0 radical (unpaired) electrons. The lowest BCUT2D eigenvalue weighted by Crippen LogP contribution is -2.50. The molecule has 1 amide bonds. The summed E-state index contributed by atoms with van der Waals surface area (Å²) in [4.78, 5) is 24.4. The van der Waals surface area contributed by atoms with Gasteiger partial charge in [0.2, 0.25) is 5.91 Å². The zero-order valence-corrected chi connectivity index (χ0v) is 21.2. The number of amides is 1. The molecule has 2 aliphatic heterocycles. The number of carbonyl (C=O) groups excluding carboxylic acids is 1. The molecule has 2 heterocycles. The van der Waals surface area contributed by atoms with E-state index in [1.165, 1.54) is 45.2 Å². The lowest BCUT2D eigenvalue weighted by atomic mass is 10.1. The van der Waals surface area contributed by atoms with Gasteiger partial charge in [0.05, 0.1) is 6.54 Å². The van der Waals surface area contributed by atoms with E-state index in [4.69, 9.17) is 4.99 Å². The van der Waals surface area contributed by atoms with Crippen LogP contribution in [-0.4, -0.2) is 98.6 Å². The van der Waals surface area contributed by atoms with E-state index in [-0.39, 0.29) is 24.0 Å². The molecule has 3 fully saturated rings. The van der Waals surface area contributed by atoms with Gasteiger partial charge in [-0.15, -0.1) is 24.0 Å². The number of aliphatic imine (C=N–C) groups is 1. The predicted octanol–water partition coefficient (Wildman–Crippen LogP) is 1.98. The van der Waals surface area contributed by atoms with Gasteiger partial charge in [0.1, 0.15) is 0 Å². The Morgan fingerprint density at radius 3 is 2.20 bits per heavy atom. The van der Waals surface area contributed by atoms with Crippen LogP contribution in [0.25, 0.3) is 0 Å². The molecule has 3 rings (SSSR count). The van der Waals surface area contributed by atoms with Gasteiger partial charge in [-0.25, -0.2) is 0 Å². The van der Waals surface area contributed by atoms with Crippen LogP contribution in [0.5, 0.6) is 0 Å². The van der Waals surface area contributed by atoms with Crippen LogP contribution in [0.3, 0.4) is 0 Å². The van der Waals surface area contributed by atoms with Gasteiger partial charge in [-0.1, -0.05) is 19.3 Å². The summed E-state index contributed by atoms with van der Waals surface area (Å²) in [5.74, 6) is 1.65. The van der Waals surface area contributed by atoms with Crippen LogP contribution in [0.4, 0.5) is 0 Å². The molecule has 1 aliphatic carbocycles. The van der Waals surface area contributed by atoms with E-state index in [0.29, 0.717) is 11.8 Å². The molecule has 30 heavy (non-hydrogen) atoms. The SMILES string of the molecule is CCNC(=NCCN1CCN(C(=O)C2CCCC2)CC1)NCCN1CCCCC1.I. The molecule has 0 spiro atoms. The maximum atomic E-state index is 12.6. The smallest absolute Gasteiger partial charge is 0.225 e. The molecule has 2 N–H and O–H groups in total. The zero-order chi connectivity index (χ0) is 20.3. The van der Waals surface area contributed by atoms with E-state index in [2.05, 4.69) is 32.3 Å². The molecule has 7 nitrogen and oxygen atoms in total. The molecule has 0 aromatic carbocycles. The molecule has 2 saturated heterocycles. The van der Waals surface area contributed by atoms with Crippen LogP contribution in [0.1, 0.15) is 51.9 Å². The summed E-state index contributed by atoms with van der Waals surface area (Å²) in [6.07, 6.45) is 8.74. The number of nitrogens with one attached hydrogen (secondary N) is 2. The van der Waals surface area contributed by atoms with Crippen LogP contribution in [0.2, 0.25) is 0 Å². The number of carbonyl (C=O) groups is 1. The minimum absolute atomic E-state index is 0. The average molecular weight is 535 g/mol. The molecule has 0 atom stereocenters. The van der Waals surface area contributed by atoms with Crippen LogP contribution in [0, 0.1) is 5.92 Å². The van der Waals surface area contributed by atoms with E-state index in [9.17, 15) is 4.79 Å². The fourth-order valence-electron chi connectivity index (χ4n) is 4.78. The normalized spacial score (nSPS) is 22.0. The second kappa shape index (κ2) is 14.5. The summed E-state index contributed by atoms with van der Waals surface area (Å²) < 4.78 is 0. The first kappa shape index (κ1) is 25.6. The van der Waals surface area contributed by atoms with Gasteiger partial charge >= 0.3 is 0 Å². The highest BCUT2D eigenvalue weighted by molar-refractivity contribution is 14.0. The summed E-state index contributed by atoms with van der Waals surface area (Å²) in [5.41, 5.74) is 0. The highest BCUT2D eigenvalue weighted by Gasteiger charge is 2.29. The minimum atomic E-state index is 0. The fourth-order valence-corrected chi connectivity index (χ4v) is 4.78.